The fourth-order valence-corrected chi connectivity index (χ4v) is 3.13. The van der Waals surface area contributed by atoms with E-state index in [0.29, 0.717) is 22.3 Å². The molecule has 1 amide bonds. The molecule has 0 aliphatic rings. The fraction of sp³-hybridized carbons (Fsp3) is 0.350. The van der Waals surface area contributed by atoms with Crippen molar-refractivity contribution >= 4 is 17.5 Å². The summed E-state index contributed by atoms with van der Waals surface area (Å²) in [5.41, 5.74) is 2.62. The minimum Gasteiger partial charge on any atom is -0.497 e. The van der Waals surface area contributed by atoms with E-state index in [2.05, 4.69) is 5.32 Å². The van der Waals surface area contributed by atoms with E-state index in [1.807, 2.05) is 51.1 Å². The molecule has 26 heavy (non-hydrogen) atoms. The molecule has 1 atom stereocenters. The van der Waals surface area contributed by atoms with Crippen LogP contribution in [-0.4, -0.2) is 26.7 Å². The van der Waals surface area contributed by atoms with Gasteiger partial charge in [-0.05, 0) is 62.2 Å². The van der Waals surface area contributed by atoms with E-state index in [1.54, 1.807) is 14.2 Å². The summed E-state index contributed by atoms with van der Waals surface area (Å²) in [4.78, 5) is 12.3. The number of benzene rings is 2. The summed E-state index contributed by atoms with van der Waals surface area (Å²) < 4.78 is 16.3. The summed E-state index contributed by atoms with van der Waals surface area (Å²) >= 11 is 6.02. The van der Waals surface area contributed by atoms with Gasteiger partial charge in [0, 0.05) is 10.6 Å². The van der Waals surface area contributed by atoms with Gasteiger partial charge in [0.2, 0.25) is 0 Å². The van der Waals surface area contributed by atoms with Crippen LogP contribution in [0.15, 0.2) is 30.3 Å². The average molecular weight is 378 g/mol. The van der Waals surface area contributed by atoms with Gasteiger partial charge in [-0.15, -0.1) is 0 Å². The molecular weight excluding hydrogens is 354 g/mol. The number of aryl methyl sites for hydroxylation is 2. The van der Waals surface area contributed by atoms with E-state index >= 15 is 0 Å². The molecule has 2 aromatic carbocycles. The Morgan fingerprint density at radius 2 is 1.77 bits per heavy atom. The van der Waals surface area contributed by atoms with Crippen molar-refractivity contribution in [2.45, 2.75) is 26.8 Å². The molecule has 0 fully saturated rings. The smallest absolute Gasteiger partial charge is 0.258 e. The van der Waals surface area contributed by atoms with Crippen molar-refractivity contribution in [3.63, 3.8) is 0 Å². The maximum atomic E-state index is 12.3. The molecule has 6 heteroatoms. The number of halogens is 1. The number of carbonyl (C=O) groups excluding carboxylic acids is 1. The summed E-state index contributed by atoms with van der Waals surface area (Å²) in [7, 11) is 3.19. The largest absolute Gasteiger partial charge is 0.497 e. The lowest BCUT2D eigenvalue weighted by Gasteiger charge is -2.19. The number of ether oxygens (including phenoxy) is 3. The Balaban J connectivity index is 2.04. The van der Waals surface area contributed by atoms with Crippen molar-refractivity contribution in [3.05, 3.63) is 52.0 Å². The molecule has 0 heterocycles. The van der Waals surface area contributed by atoms with E-state index in [1.165, 1.54) is 0 Å². The summed E-state index contributed by atoms with van der Waals surface area (Å²) in [6.45, 7) is 5.60. The molecule has 0 aliphatic carbocycles. The van der Waals surface area contributed by atoms with Crippen LogP contribution >= 0.6 is 11.6 Å². The van der Waals surface area contributed by atoms with E-state index in [-0.39, 0.29) is 18.6 Å². The monoisotopic (exact) mass is 377 g/mol. The first-order chi connectivity index (χ1) is 12.3. The fourth-order valence-electron chi connectivity index (χ4n) is 2.80. The maximum Gasteiger partial charge on any atom is 0.258 e. The normalized spacial score (nSPS) is 11.6. The third-order valence-corrected chi connectivity index (χ3v) is 4.27. The van der Waals surface area contributed by atoms with E-state index < -0.39 is 0 Å². The van der Waals surface area contributed by atoms with E-state index in [4.69, 9.17) is 25.8 Å². The van der Waals surface area contributed by atoms with Crippen molar-refractivity contribution in [1.82, 2.24) is 5.32 Å². The van der Waals surface area contributed by atoms with Gasteiger partial charge in [-0.3, -0.25) is 4.79 Å². The molecule has 0 saturated carbocycles. The Labute approximate surface area is 159 Å². The van der Waals surface area contributed by atoms with Crippen molar-refractivity contribution in [2.24, 2.45) is 0 Å². The summed E-state index contributed by atoms with van der Waals surface area (Å²) in [6.07, 6.45) is 0. The van der Waals surface area contributed by atoms with Crippen LogP contribution < -0.4 is 19.5 Å². The highest BCUT2D eigenvalue weighted by Crippen LogP contribution is 2.29. The zero-order valence-corrected chi connectivity index (χ0v) is 16.4. The van der Waals surface area contributed by atoms with Gasteiger partial charge in [0.1, 0.15) is 17.2 Å². The number of hydrogen-bond acceptors (Lipinski definition) is 4. The van der Waals surface area contributed by atoms with Gasteiger partial charge < -0.3 is 19.5 Å². The molecular formula is C20H24ClNO4. The Kier molecular flexibility index (Phi) is 6.75. The number of rotatable bonds is 7. The standard InChI is InChI=1S/C20H24ClNO4/c1-12-8-15(21)9-13(2)20(12)26-11-19(23)22-14(3)17-10-16(24-4)6-7-18(17)25-5/h6-10,14H,11H2,1-5H3,(H,22,23)/t14-/m0/s1. The minimum atomic E-state index is -0.261. The topological polar surface area (TPSA) is 56.8 Å². The molecule has 2 rings (SSSR count). The Morgan fingerprint density at radius 3 is 2.35 bits per heavy atom. The summed E-state index contributed by atoms with van der Waals surface area (Å²) in [5.74, 6) is 1.83. The van der Waals surface area contributed by atoms with Crippen LogP contribution in [0.25, 0.3) is 0 Å². The molecule has 0 saturated heterocycles. The van der Waals surface area contributed by atoms with Crippen LogP contribution in [-0.2, 0) is 4.79 Å². The third kappa shape index (κ3) is 4.82. The van der Waals surface area contributed by atoms with Gasteiger partial charge in [-0.1, -0.05) is 11.6 Å². The minimum absolute atomic E-state index is 0.0834. The van der Waals surface area contributed by atoms with Gasteiger partial charge in [-0.2, -0.15) is 0 Å². The van der Waals surface area contributed by atoms with Crippen LogP contribution in [0.4, 0.5) is 0 Å². The Hall–Kier alpha value is -2.40. The van der Waals surface area contributed by atoms with Crippen molar-refractivity contribution in [1.29, 1.82) is 0 Å². The first-order valence-electron chi connectivity index (χ1n) is 8.26. The predicted octanol–water partition coefficient (Wildman–Crippen LogP) is 4.23. The average Bonchev–Trinajstić information content (AvgIpc) is 2.60. The number of methoxy groups -OCH3 is 2. The zero-order chi connectivity index (χ0) is 19.3. The van der Waals surface area contributed by atoms with Gasteiger partial charge in [-0.25, -0.2) is 0 Å². The lowest BCUT2D eigenvalue weighted by Crippen LogP contribution is -2.31. The molecule has 0 aliphatic heterocycles. The van der Waals surface area contributed by atoms with Gasteiger partial charge in [0.15, 0.2) is 6.61 Å². The van der Waals surface area contributed by atoms with Crippen LogP contribution in [0, 0.1) is 13.8 Å². The highest BCUT2D eigenvalue weighted by Gasteiger charge is 2.16. The van der Waals surface area contributed by atoms with Crippen LogP contribution in [0.1, 0.15) is 29.7 Å². The second-order valence-electron chi connectivity index (χ2n) is 6.05. The number of nitrogens with one attached hydrogen (secondary N) is 1. The molecule has 0 bridgehead atoms. The lowest BCUT2D eigenvalue weighted by molar-refractivity contribution is -0.123. The second-order valence-corrected chi connectivity index (χ2v) is 6.49. The first-order valence-corrected chi connectivity index (χ1v) is 8.64. The molecule has 0 unspecified atom stereocenters. The van der Waals surface area contributed by atoms with Crippen LogP contribution in [0.2, 0.25) is 5.02 Å². The van der Waals surface area contributed by atoms with Crippen molar-refractivity contribution < 1.29 is 19.0 Å². The maximum absolute atomic E-state index is 12.3. The van der Waals surface area contributed by atoms with Gasteiger partial charge in [0.05, 0.1) is 20.3 Å². The van der Waals surface area contributed by atoms with Gasteiger partial charge >= 0.3 is 0 Å². The molecule has 0 spiro atoms. The number of carbonyl (C=O) groups is 1. The van der Waals surface area contributed by atoms with Gasteiger partial charge in [0.25, 0.3) is 5.91 Å². The highest BCUT2D eigenvalue weighted by molar-refractivity contribution is 6.30. The molecule has 0 aromatic heterocycles. The van der Waals surface area contributed by atoms with Crippen LogP contribution in [0.3, 0.4) is 0 Å². The van der Waals surface area contributed by atoms with Crippen molar-refractivity contribution in [3.8, 4) is 17.2 Å². The lowest BCUT2D eigenvalue weighted by atomic mass is 10.1. The SMILES string of the molecule is COc1ccc(OC)c([C@H](C)NC(=O)COc2c(C)cc(Cl)cc2C)c1. The van der Waals surface area contributed by atoms with Crippen LogP contribution in [0.5, 0.6) is 17.2 Å². The quantitative estimate of drug-likeness (QED) is 0.784. The summed E-state index contributed by atoms with van der Waals surface area (Å²) in [6, 6.07) is 8.83. The first kappa shape index (κ1) is 19.9. The number of hydrogen-bond donors (Lipinski definition) is 1. The molecule has 2 aromatic rings. The second kappa shape index (κ2) is 8.81. The third-order valence-electron chi connectivity index (χ3n) is 4.05. The Morgan fingerprint density at radius 1 is 1.12 bits per heavy atom. The molecule has 140 valence electrons. The number of amides is 1. The predicted molar refractivity (Wildman–Crippen MR) is 103 cm³/mol. The molecule has 5 nitrogen and oxygen atoms in total. The molecule has 0 radical (unpaired) electrons. The summed E-state index contributed by atoms with van der Waals surface area (Å²) in [5, 5.41) is 3.57. The van der Waals surface area contributed by atoms with E-state index in [0.717, 1.165) is 16.7 Å². The molecule has 1 N–H and O–H groups in total. The van der Waals surface area contributed by atoms with E-state index in [9.17, 15) is 4.79 Å². The zero-order valence-electron chi connectivity index (χ0n) is 15.7. The Bertz CT molecular complexity index is 768. The highest BCUT2D eigenvalue weighted by atomic mass is 35.5. The van der Waals surface area contributed by atoms with Crippen molar-refractivity contribution in [2.75, 3.05) is 20.8 Å².